The number of anilines is 3. The van der Waals surface area contributed by atoms with Gasteiger partial charge in [0, 0.05) is 37.0 Å². The Morgan fingerprint density at radius 2 is 0.938 bits per heavy atom. The third-order valence-corrected chi connectivity index (χ3v) is 10.4. The molecule has 0 aliphatic carbocycles. The van der Waals surface area contributed by atoms with Crippen molar-refractivity contribution in [2.24, 2.45) is 0 Å². The van der Waals surface area contributed by atoms with Gasteiger partial charge in [-0.25, -0.2) is 0 Å². The van der Waals surface area contributed by atoms with Crippen molar-refractivity contribution >= 4 is 59.3 Å². The fraction of sp³-hybridized carbons (Fsp3) is 0. The SMILES string of the molecule is c1ccc(-c2ccc(N(c3ccccc3-c3ccc4ccccc4c3)c3ccccc3-c3cccc4sc5ccccc5c34)cc2)cc1. The van der Waals surface area contributed by atoms with E-state index in [1.54, 1.807) is 0 Å². The van der Waals surface area contributed by atoms with Gasteiger partial charge in [-0.15, -0.1) is 11.3 Å². The summed E-state index contributed by atoms with van der Waals surface area (Å²) in [6, 6.07) is 68.2. The lowest BCUT2D eigenvalue weighted by Gasteiger charge is -2.30. The molecule has 0 aliphatic rings. The summed E-state index contributed by atoms with van der Waals surface area (Å²) in [5.41, 5.74) is 10.6. The molecule has 1 heterocycles. The largest absolute Gasteiger partial charge is 0.309 e. The fourth-order valence-corrected chi connectivity index (χ4v) is 8.14. The third kappa shape index (κ3) is 4.95. The summed E-state index contributed by atoms with van der Waals surface area (Å²) in [5, 5.41) is 5.10. The predicted octanol–water partition coefficient (Wildman–Crippen LogP) is 13.7. The molecule has 0 saturated heterocycles. The molecule has 0 atom stereocenters. The van der Waals surface area contributed by atoms with E-state index in [0.29, 0.717) is 0 Å². The first-order chi connectivity index (χ1) is 23.8. The quantitative estimate of drug-likeness (QED) is 0.177. The highest BCUT2D eigenvalue weighted by molar-refractivity contribution is 7.25. The van der Waals surface area contributed by atoms with Crippen molar-refractivity contribution in [1.82, 2.24) is 0 Å². The van der Waals surface area contributed by atoms with Crippen LogP contribution in [0.2, 0.25) is 0 Å². The van der Waals surface area contributed by atoms with E-state index >= 15 is 0 Å². The molecule has 9 rings (SSSR count). The molecule has 0 bridgehead atoms. The molecular weight excluding hydrogens is 599 g/mol. The Morgan fingerprint density at radius 3 is 1.77 bits per heavy atom. The molecule has 0 N–H and O–H groups in total. The molecule has 0 saturated carbocycles. The van der Waals surface area contributed by atoms with E-state index in [2.05, 4.69) is 193 Å². The molecule has 0 fully saturated rings. The Morgan fingerprint density at radius 1 is 0.354 bits per heavy atom. The first-order valence-corrected chi connectivity index (χ1v) is 17.2. The van der Waals surface area contributed by atoms with E-state index in [0.717, 1.165) is 17.1 Å². The fourth-order valence-electron chi connectivity index (χ4n) is 7.01. The molecule has 0 amide bonds. The summed E-state index contributed by atoms with van der Waals surface area (Å²) in [6.45, 7) is 0. The lowest BCUT2D eigenvalue weighted by Crippen LogP contribution is -2.12. The number of fused-ring (bicyclic) bond motifs is 4. The van der Waals surface area contributed by atoms with Gasteiger partial charge in [-0.2, -0.15) is 0 Å². The van der Waals surface area contributed by atoms with Gasteiger partial charge in [0.2, 0.25) is 0 Å². The highest BCUT2D eigenvalue weighted by Crippen LogP contribution is 2.48. The number of rotatable bonds is 6. The van der Waals surface area contributed by atoms with Gasteiger partial charge in [-0.3, -0.25) is 0 Å². The maximum Gasteiger partial charge on any atom is 0.0540 e. The van der Waals surface area contributed by atoms with Crippen molar-refractivity contribution in [2.45, 2.75) is 0 Å². The summed E-state index contributed by atoms with van der Waals surface area (Å²) in [4.78, 5) is 2.45. The maximum atomic E-state index is 2.45. The van der Waals surface area contributed by atoms with Gasteiger partial charge in [0.1, 0.15) is 0 Å². The summed E-state index contributed by atoms with van der Waals surface area (Å²) in [5.74, 6) is 0. The van der Waals surface area contributed by atoms with Crippen LogP contribution < -0.4 is 4.90 Å². The molecule has 8 aromatic carbocycles. The van der Waals surface area contributed by atoms with E-state index in [1.165, 1.54) is 64.3 Å². The highest BCUT2D eigenvalue weighted by atomic mass is 32.1. The first-order valence-electron chi connectivity index (χ1n) is 16.4. The minimum absolute atomic E-state index is 1.11. The average Bonchev–Trinajstić information content (AvgIpc) is 3.55. The third-order valence-electron chi connectivity index (χ3n) is 9.28. The molecule has 0 unspecified atom stereocenters. The summed E-state index contributed by atoms with van der Waals surface area (Å²) >= 11 is 1.86. The second-order valence-electron chi connectivity index (χ2n) is 12.1. The summed E-state index contributed by atoms with van der Waals surface area (Å²) in [6.07, 6.45) is 0. The first kappa shape index (κ1) is 28.3. The normalized spacial score (nSPS) is 11.3. The molecule has 0 radical (unpaired) electrons. The summed E-state index contributed by atoms with van der Waals surface area (Å²) in [7, 11) is 0. The van der Waals surface area contributed by atoms with Crippen LogP contribution in [0.1, 0.15) is 0 Å². The molecule has 1 nitrogen and oxygen atoms in total. The van der Waals surface area contributed by atoms with Crippen LogP contribution in [0.15, 0.2) is 188 Å². The maximum absolute atomic E-state index is 2.45. The van der Waals surface area contributed by atoms with E-state index < -0.39 is 0 Å². The molecule has 1 aromatic heterocycles. The van der Waals surface area contributed by atoms with E-state index in [1.807, 2.05) is 11.3 Å². The van der Waals surface area contributed by atoms with E-state index in [-0.39, 0.29) is 0 Å². The van der Waals surface area contributed by atoms with Crippen molar-refractivity contribution in [3.05, 3.63) is 188 Å². The minimum atomic E-state index is 1.11. The van der Waals surface area contributed by atoms with Gasteiger partial charge in [-0.05, 0) is 75.5 Å². The number of hydrogen-bond acceptors (Lipinski definition) is 2. The zero-order valence-corrected chi connectivity index (χ0v) is 27.1. The van der Waals surface area contributed by atoms with Crippen molar-refractivity contribution in [1.29, 1.82) is 0 Å². The van der Waals surface area contributed by atoms with Gasteiger partial charge in [-0.1, -0.05) is 146 Å². The Hall–Kier alpha value is -5.96. The molecule has 0 aliphatic heterocycles. The highest BCUT2D eigenvalue weighted by Gasteiger charge is 2.22. The van der Waals surface area contributed by atoms with E-state index in [4.69, 9.17) is 0 Å². The molecular formula is C46H31NS. The van der Waals surface area contributed by atoms with Crippen LogP contribution in [0.5, 0.6) is 0 Å². The Kier molecular flexibility index (Phi) is 7.07. The monoisotopic (exact) mass is 629 g/mol. The number of thiophene rings is 1. The van der Waals surface area contributed by atoms with Gasteiger partial charge in [0.25, 0.3) is 0 Å². The van der Waals surface area contributed by atoms with Crippen molar-refractivity contribution in [3.63, 3.8) is 0 Å². The van der Waals surface area contributed by atoms with Crippen LogP contribution in [0, 0.1) is 0 Å². The van der Waals surface area contributed by atoms with E-state index in [9.17, 15) is 0 Å². The van der Waals surface area contributed by atoms with Crippen LogP contribution in [-0.4, -0.2) is 0 Å². The molecule has 226 valence electrons. The Balaban J connectivity index is 1.29. The standard InChI is InChI=1S/C46H31NS/c1-2-13-32(14-3-1)34-27-29-37(30-28-34)47(42-21-9-6-17-38(42)36-26-25-33-15-4-5-16-35(33)31-36)43-22-10-7-18-39(43)40-20-12-24-45-46(40)41-19-8-11-23-44(41)48-45/h1-31H. The Bertz CT molecular complexity index is 2560. The number of para-hydroxylation sites is 2. The lowest BCUT2D eigenvalue weighted by atomic mass is 9.95. The van der Waals surface area contributed by atoms with Gasteiger partial charge >= 0.3 is 0 Å². The molecule has 0 spiro atoms. The number of hydrogen-bond donors (Lipinski definition) is 0. The molecule has 2 heteroatoms. The molecule has 9 aromatic rings. The number of benzene rings is 8. The second-order valence-corrected chi connectivity index (χ2v) is 13.2. The predicted molar refractivity (Wildman–Crippen MR) is 208 cm³/mol. The molecule has 48 heavy (non-hydrogen) atoms. The van der Waals surface area contributed by atoms with Crippen LogP contribution in [0.25, 0.3) is 64.3 Å². The van der Waals surface area contributed by atoms with Gasteiger partial charge < -0.3 is 4.90 Å². The van der Waals surface area contributed by atoms with Crippen LogP contribution in [0.4, 0.5) is 17.1 Å². The minimum Gasteiger partial charge on any atom is -0.309 e. The lowest BCUT2D eigenvalue weighted by molar-refractivity contribution is 1.28. The zero-order valence-electron chi connectivity index (χ0n) is 26.3. The summed E-state index contributed by atoms with van der Waals surface area (Å²) < 4.78 is 2.62. The smallest absolute Gasteiger partial charge is 0.0540 e. The zero-order chi connectivity index (χ0) is 31.9. The number of nitrogens with zero attached hydrogens (tertiary/aromatic N) is 1. The Labute approximate surface area is 284 Å². The van der Waals surface area contributed by atoms with Crippen LogP contribution in [0.3, 0.4) is 0 Å². The van der Waals surface area contributed by atoms with Crippen LogP contribution >= 0.6 is 11.3 Å². The second kappa shape index (κ2) is 12.0. The van der Waals surface area contributed by atoms with Gasteiger partial charge in [0.15, 0.2) is 0 Å². The van der Waals surface area contributed by atoms with Gasteiger partial charge in [0.05, 0.1) is 11.4 Å². The van der Waals surface area contributed by atoms with Crippen molar-refractivity contribution < 1.29 is 0 Å². The average molecular weight is 630 g/mol. The van der Waals surface area contributed by atoms with Crippen molar-refractivity contribution in [2.75, 3.05) is 4.90 Å². The van der Waals surface area contributed by atoms with Crippen molar-refractivity contribution in [3.8, 4) is 33.4 Å². The van der Waals surface area contributed by atoms with Crippen LogP contribution in [-0.2, 0) is 0 Å². The topological polar surface area (TPSA) is 3.24 Å².